The maximum absolute atomic E-state index is 12.7. The van der Waals surface area contributed by atoms with Gasteiger partial charge in [-0.15, -0.1) is 0 Å². The lowest BCUT2D eigenvalue weighted by Gasteiger charge is -2.17. The van der Waals surface area contributed by atoms with Crippen molar-refractivity contribution in [1.82, 2.24) is 9.55 Å². The lowest BCUT2D eigenvalue weighted by Crippen LogP contribution is -2.18. The van der Waals surface area contributed by atoms with Gasteiger partial charge in [0, 0.05) is 24.6 Å². The molecule has 1 saturated carbocycles. The van der Waals surface area contributed by atoms with Crippen molar-refractivity contribution >= 4 is 5.78 Å². The smallest absolute Gasteiger partial charge is 0.155 e. The van der Waals surface area contributed by atoms with Gasteiger partial charge in [-0.1, -0.05) is 73.5 Å². The highest BCUT2D eigenvalue weighted by atomic mass is 16.1. The maximum atomic E-state index is 12.7. The second kappa shape index (κ2) is 7.69. The number of hydrogen-bond donors (Lipinski definition) is 0. The maximum Gasteiger partial charge on any atom is 0.155 e. The monoisotopic (exact) mass is 344 g/mol. The molecule has 4 rings (SSSR count). The number of aromatic nitrogens is 2. The Balaban J connectivity index is 1.74. The van der Waals surface area contributed by atoms with Crippen LogP contribution < -0.4 is 0 Å². The van der Waals surface area contributed by atoms with Crippen molar-refractivity contribution in [3.63, 3.8) is 0 Å². The second-order valence-corrected chi connectivity index (χ2v) is 7.07. The van der Waals surface area contributed by atoms with Crippen molar-refractivity contribution in [3.8, 4) is 11.4 Å². The van der Waals surface area contributed by atoms with Crippen molar-refractivity contribution in [2.45, 2.75) is 44.6 Å². The van der Waals surface area contributed by atoms with E-state index in [-0.39, 0.29) is 6.04 Å². The van der Waals surface area contributed by atoms with Crippen LogP contribution in [0.3, 0.4) is 0 Å². The molecule has 0 bridgehead atoms. The molecule has 26 heavy (non-hydrogen) atoms. The van der Waals surface area contributed by atoms with Crippen LogP contribution in [0.5, 0.6) is 0 Å². The Kier molecular flexibility index (Phi) is 4.96. The predicted molar refractivity (Wildman–Crippen MR) is 104 cm³/mol. The lowest BCUT2D eigenvalue weighted by atomic mass is 10.1. The molecule has 3 aromatic rings. The average Bonchev–Trinajstić information content (AvgIpc) is 2.97. The van der Waals surface area contributed by atoms with Crippen molar-refractivity contribution < 1.29 is 4.79 Å². The van der Waals surface area contributed by atoms with Crippen LogP contribution in [0.1, 0.15) is 49.4 Å². The van der Waals surface area contributed by atoms with Gasteiger partial charge in [0.1, 0.15) is 5.82 Å². The van der Waals surface area contributed by atoms with E-state index in [0.717, 1.165) is 49.2 Å². The minimum atomic E-state index is -0.0790. The molecule has 1 aromatic heterocycles. The summed E-state index contributed by atoms with van der Waals surface area (Å²) in [6, 6.07) is 20.5. The standard InChI is InChI=1S/C23H24N2O/c26-22-15-9-3-8-14-21(22)25-17-20(16-18-10-4-1-5-11-18)24-23(25)19-12-6-2-7-13-19/h1-2,4-7,10-13,17,21H,3,8-9,14-16H2. The zero-order valence-electron chi connectivity index (χ0n) is 15.0. The number of ketones is 1. The fourth-order valence-corrected chi connectivity index (χ4v) is 3.81. The van der Waals surface area contributed by atoms with Gasteiger partial charge in [-0.2, -0.15) is 0 Å². The third-order valence-corrected chi connectivity index (χ3v) is 5.15. The van der Waals surface area contributed by atoms with Gasteiger partial charge in [0.15, 0.2) is 5.78 Å². The van der Waals surface area contributed by atoms with Gasteiger partial charge in [-0.25, -0.2) is 4.98 Å². The van der Waals surface area contributed by atoms with E-state index >= 15 is 0 Å². The van der Waals surface area contributed by atoms with Gasteiger partial charge in [0.05, 0.1) is 11.7 Å². The number of carbonyl (C=O) groups is 1. The summed E-state index contributed by atoms with van der Waals surface area (Å²) in [6.45, 7) is 0. The van der Waals surface area contributed by atoms with Crippen LogP contribution in [-0.4, -0.2) is 15.3 Å². The summed E-state index contributed by atoms with van der Waals surface area (Å²) >= 11 is 0. The molecule has 1 atom stereocenters. The number of rotatable bonds is 4. The molecule has 1 heterocycles. The Labute approximate surface area is 154 Å². The summed E-state index contributed by atoms with van der Waals surface area (Å²) in [7, 11) is 0. The first kappa shape index (κ1) is 16.8. The van der Waals surface area contributed by atoms with Crippen molar-refractivity contribution in [2.75, 3.05) is 0 Å². The molecule has 0 saturated heterocycles. The molecule has 1 fully saturated rings. The van der Waals surface area contributed by atoms with Crippen molar-refractivity contribution in [1.29, 1.82) is 0 Å². The van der Waals surface area contributed by atoms with E-state index in [4.69, 9.17) is 4.98 Å². The second-order valence-electron chi connectivity index (χ2n) is 7.07. The Morgan fingerprint density at radius 2 is 1.65 bits per heavy atom. The summed E-state index contributed by atoms with van der Waals surface area (Å²) in [5.41, 5.74) is 3.33. The van der Waals surface area contributed by atoms with Crippen LogP contribution in [-0.2, 0) is 11.2 Å². The van der Waals surface area contributed by atoms with Crippen molar-refractivity contribution in [2.24, 2.45) is 0 Å². The molecular formula is C23H24N2O. The topological polar surface area (TPSA) is 34.9 Å². The summed E-state index contributed by atoms with van der Waals surface area (Å²) in [6.07, 6.45) is 7.76. The number of benzene rings is 2. The van der Waals surface area contributed by atoms with E-state index in [0.29, 0.717) is 12.2 Å². The molecule has 1 unspecified atom stereocenters. The number of Topliss-reactive ketones (excluding diaryl/α,β-unsaturated/α-hetero) is 1. The molecule has 0 radical (unpaired) electrons. The Morgan fingerprint density at radius 1 is 0.923 bits per heavy atom. The average molecular weight is 344 g/mol. The van der Waals surface area contributed by atoms with Gasteiger partial charge in [0.25, 0.3) is 0 Å². The van der Waals surface area contributed by atoms with E-state index in [2.05, 4.69) is 47.2 Å². The minimum Gasteiger partial charge on any atom is -0.320 e. The summed E-state index contributed by atoms with van der Waals surface area (Å²) in [5, 5.41) is 0. The molecule has 1 aliphatic rings. The number of imidazole rings is 1. The quantitative estimate of drug-likeness (QED) is 0.609. The van der Waals surface area contributed by atoms with Crippen molar-refractivity contribution in [3.05, 3.63) is 78.1 Å². The van der Waals surface area contributed by atoms with Crippen LogP contribution in [0.25, 0.3) is 11.4 Å². The van der Waals surface area contributed by atoms with E-state index in [1.54, 1.807) is 0 Å². The van der Waals surface area contributed by atoms with E-state index < -0.39 is 0 Å². The van der Waals surface area contributed by atoms with E-state index in [9.17, 15) is 4.79 Å². The Morgan fingerprint density at radius 3 is 2.42 bits per heavy atom. The summed E-state index contributed by atoms with van der Waals surface area (Å²) in [5.74, 6) is 1.26. The SMILES string of the molecule is O=C1CCCCCC1n1cc(Cc2ccccc2)nc1-c1ccccc1. The molecule has 132 valence electrons. The Hall–Kier alpha value is -2.68. The van der Waals surface area contributed by atoms with Crippen LogP contribution >= 0.6 is 0 Å². The molecular weight excluding hydrogens is 320 g/mol. The molecule has 0 amide bonds. The molecule has 0 spiro atoms. The fraction of sp³-hybridized carbons (Fsp3) is 0.304. The van der Waals surface area contributed by atoms with Gasteiger partial charge < -0.3 is 4.57 Å². The summed E-state index contributed by atoms with van der Waals surface area (Å²) < 4.78 is 2.14. The lowest BCUT2D eigenvalue weighted by molar-refractivity contribution is -0.122. The molecule has 0 N–H and O–H groups in total. The summed E-state index contributed by atoms with van der Waals surface area (Å²) in [4.78, 5) is 17.6. The zero-order valence-corrected chi connectivity index (χ0v) is 15.0. The highest BCUT2D eigenvalue weighted by Gasteiger charge is 2.25. The number of carbonyl (C=O) groups excluding carboxylic acids is 1. The first-order valence-corrected chi connectivity index (χ1v) is 9.51. The first-order chi connectivity index (χ1) is 12.8. The van der Waals surface area contributed by atoms with E-state index in [1.165, 1.54) is 5.56 Å². The predicted octanol–water partition coefficient (Wildman–Crippen LogP) is 5.22. The number of hydrogen-bond acceptors (Lipinski definition) is 2. The Bertz CT molecular complexity index is 868. The molecule has 3 nitrogen and oxygen atoms in total. The van der Waals surface area contributed by atoms with Crippen LogP contribution in [0, 0.1) is 0 Å². The van der Waals surface area contributed by atoms with Crippen LogP contribution in [0.4, 0.5) is 0 Å². The van der Waals surface area contributed by atoms with Gasteiger partial charge in [-0.3, -0.25) is 4.79 Å². The van der Waals surface area contributed by atoms with E-state index in [1.807, 2.05) is 24.3 Å². The number of nitrogens with zero attached hydrogens (tertiary/aromatic N) is 2. The van der Waals surface area contributed by atoms with Gasteiger partial charge in [0.2, 0.25) is 0 Å². The normalized spacial score (nSPS) is 17.8. The molecule has 2 aromatic carbocycles. The molecule has 1 aliphatic carbocycles. The minimum absolute atomic E-state index is 0.0790. The zero-order chi connectivity index (χ0) is 17.8. The molecule has 3 heteroatoms. The van der Waals surface area contributed by atoms with Crippen LogP contribution in [0.2, 0.25) is 0 Å². The molecule has 0 aliphatic heterocycles. The third kappa shape index (κ3) is 3.62. The first-order valence-electron chi connectivity index (χ1n) is 9.51. The largest absolute Gasteiger partial charge is 0.320 e. The fourth-order valence-electron chi connectivity index (χ4n) is 3.81. The van der Waals surface area contributed by atoms with Gasteiger partial charge in [-0.05, 0) is 18.4 Å². The third-order valence-electron chi connectivity index (χ3n) is 5.15. The highest BCUT2D eigenvalue weighted by Crippen LogP contribution is 2.30. The van der Waals surface area contributed by atoms with Crippen LogP contribution in [0.15, 0.2) is 66.9 Å². The highest BCUT2D eigenvalue weighted by molar-refractivity contribution is 5.83. The van der Waals surface area contributed by atoms with Gasteiger partial charge >= 0.3 is 0 Å².